The number of hydrogen-bond donors (Lipinski definition) is 6. The van der Waals surface area contributed by atoms with Gasteiger partial charge in [-0.25, -0.2) is 22.8 Å². The van der Waals surface area contributed by atoms with Crippen LogP contribution in [0, 0.1) is 58.4 Å². The number of carbonyl (C=O) groups is 3. The summed E-state index contributed by atoms with van der Waals surface area (Å²) in [6, 6.07) is 41.1. The van der Waals surface area contributed by atoms with Gasteiger partial charge in [0.15, 0.2) is 5.54 Å². The van der Waals surface area contributed by atoms with E-state index in [0.717, 1.165) is 132 Å². The third-order valence-electron chi connectivity index (χ3n) is 18.9. The number of aliphatic carboxylic acids is 2. The fraction of sp³-hybridized carbons (Fsp3) is 0.218. The molecule has 0 bridgehead atoms. The Balaban J connectivity index is 0.000000139. The fourth-order valence-electron chi connectivity index (χ4n) is 13.7. The summed E-state index contributed by atoms with van der Waals surface area (Å²) >= 11 is 1.19. The standard InChI is InChI=1S/C28H27FN6O2.C25H21FN6O2.C25H19FN4O2S/c1-16-21(15-34(33-16)28(4,5)26(36)37)24-20-13-22-17(14-31-32-22)12-23(20)35(19-8-6-18(29)7-9-19)25(24)27(2,3)10-11-30;1-25(2,7-8-27)24-23(16-12-29-31(13-16)14-22(33)34)19-10-20-15(11-28-30-20)9-21(19)32(24)18-5-3-17(26)4-6-18;1-25(2,9-10-27)23-22(20-7-8-21(33-20)24(31)32)17-12-18-14(13-28-29-18)11-19(17)30(23)16-5-3-15(26)4-6-16/h6-9,12-15H,10H2,1-5H3,(H,31,32)(H,36,37);3-6,9-13H,7,14H2,1-2H3,(H,28,30)(H,33,34);3-8,11-13H,9H2,1-2H3,(H,28,29)(H,31,32). The summed E-state index contributed by atoms with van der Waals surface area (Å²) in [7, 11) is 0. The van der Waals surface area contributed by atoms with Gasteiger partial charge in [-0.3, -0.25) is 29.5 Å². The molecule has 0 spiro atoms. The first-order valence-electron chi connectivity index (χ1n) is 32.9. The van der Waals surface area contributed by atoms with Crippen LogP contribution in [0.1, 0.15) is 107 Å². The highest BCUT2D eigenvalue weighted by molar-refractivity contribution is 7.17. The number of aromatic carboxylic acids is 1. The average molecular weight is 1410 g/mol. The van der Waals surface area contributed by atoms with E-state index in [2.05, 4.69) is 63.6 Å². The summed E-state index contributed by atoms with van der Waals surface area (Å²) in [6.07, 6.45) is 11.0. The lowest BCUT2D eigenvalue weighted by Crippen LogP contribution is -2.36. The number of thiophene rings is 1. The number of aryl methyl sites for hydroxylation is 1. The molecule has 15 rings (SSSR count). The van der Waals surface area contributed by atoms with Crippen LogP contribution in [-0.2, 0) is 37.9 Å². The Bertz CT molecular complexity index is 6030. The molecule has 15 aromatic rings. The highest BCUT2D eigenvalue weighted by Gasteiger charge is 2.38. The van der Waals surface area contributed by atoms with Crippen molar-refractivity contribution < 1.29 is 42.9 Å². The van der Waals surface area contributed by atoms with Crippen LogP contribution in [0.15, 0.2) is 159 Å². The number of halogens is 3. The van der Waals surface area contributed by atoms with Crippen LogP contribution in [0.25, 0.3) is 115 Å². The second-order valence-corrected chi connectivity index (χ2v) is 29.1. The molecule has 9 aromatic heterocycles. The second kappa shape index (κ2) is 26.6. The molecule has 0 atom stereocenters. The molecule has 0 saturated carbocycles. The van der Waals surface area contributed by atoms with E-state index in [4.69, 9.17) is 0 Å². The number of aromatic amines is 3. The molecular formula is C78H67F3N16O6S. The van der Waals surface area contributed by atoms with E-state index in [1.54, 1.807) is 99.6 Å². The Hall–Kier alpha value is -12.9. The maximum absolute atomic E-state index is 13.9. The average Bonchev–Trinajstić information content (AvgIpc) is 1.57. The number of H-pyrrole nitrogens is 3. The highest BCUT2D eigenvalue weighted by atomic mass is 32.1. The second-order valence-electron chi connectivity index (χ2n) is 28.0. The summed E-state index contributed by atoms with van der Waals surface area (Å²) in [5.74, 6) is -4.00. The molecule has 0 amide bonds. The Morgan fingerprint density at radius 1 is 0.519 bits per heavy atom. The van der Waals surface area contributed by atoms with Crippen molar-refractivity contribution in [1.29, 1.82) is 15.8 Å². The van der Waals surface area contributed by atoms with Crippen molar-refractivity contribution in [3.8, 4) is 68.0 Å². The van der Waals surface area contributed by atoms with Crippen molar-refractivity contribution in [2.45, 2.75) is 110 Å². The Labute approximate surface area is 595 Å². The van der Waals surface area contributed by atoms with Gasteiger partial charge in [0.2, 0.25) is 0 Å². The zero-order valence-electron chi connectivity index (χ0n) is 57.8. The molecule has 0 aliphatic heterocycles. The molecule has 0 unspecified atom stereocenters. The van der Waals surface area contributed by atoms with Crippen molar-refractivity contribution in [1.82, 2.24) is 63.9 Å². The number of nitriles is 3. The van der Waals surface area contributed by atoms with Crippen molar-refractivity contribution in [3.05, 3.63) is 204 Å². The van der Waals surface area contributed by atoms with E-state index in [9.17, 15) is 58.7 Å². The van der Waals surface area contributed by atoms with E-state index in [1.807, 2.05) is 94.0 Å². The van der Waals surface area contributed by atoms with E-state index >= 15 is 0 Å². The number of nitrogens with zero attached hydrogens (tertiary/aromatic N) is 13. The summed E-state index contributed by atoms with van der Waals surface area (Å²) in [4.78, 5) is 35.9. The number of carboxylic acid groups (broad SMARTS) is 3. The SMILES string of the molecule is CC(C)(CC#N)c1c(-c2ccc(C(=O)O)s2)c2cc3[nH]ncc3cc2n1-c1ccc(F)cc1.CC(C)(CC#N)c1c(-c2cnn(CC(=O)O)c2)c2cc3[nH]ncc3cc2n1-c1ccc(F)cc1.Cc1nn(C(C)(C)C(=O)O)cc1-c1c(C(C)(C)CC#N)n(-c2ccc(F)cc2)c2cc3cn[nH]c3cc12. The monoisotopic (exact) mass is 1410 g/mol. The number of hydrogen-bond acceptors (Lipinski definition) is 12. The molecule has 6 N–H and O–H groups in total. The fourth-order valence-corrected chi connectivity index (χ4v) is 14.6. The van der Waals surface area contributed by atoms with Crippen LogP contribution in [0.2, 0.25) is 0 Å². The predicted molar refractivity (Wildman–Crippen MR) is 390 cm³/mol. The van der Waals surface area contributed by atoms with Gasteiger partial charge in [-0.1, -0.05) is 41.5 Å². The third-order valence-corrected chi connectivity index (χ3v) is 20.0. The van der Waals surface area contributed by atoms with Gasteiger partial charge in [-0.15, -0.1) is 11.3 Å². The minimum atomic E-state index is -1.27. The lowest BCUT2D eigenvalue weighted by molar-refractivity contribution is -0.146. The molecule has 0 aliphatic carbocycles. The van der Waals surface area contributed by atoms with Crippen LogP contribution in [-0.4, -0.2) is 97.1 Å². The van der Waals surface area contributed by atoms with Crippen LogP contribution >= 0.6 is 11.3 Å². The van der Waals surface area contributed by atoms with Gasteiger partial charge in [-0.05, 0) is 142 Å². The normalized spacial score (nSPS) is 12.0. The minimum absolute atomic E-state index is 0.227. The number of benzene rings is 6. The summed E-state index contributed by atoms with van der Waals surface area (Å²) in [5, 5.41) is 93.2. The van der Waals surface area contributed by atoms with Gasteiger partial charge in [0, 0.05) is 147 Å². The Kier molecular flexibility index (Phi) is 17.8. The van der Waals surface area contributed by atoms with E-state index in [1.165, 1.54) is 57.1 Å². The molecule has 26 heteroatoms. The zero-order chi connectivity index (χ0) is 74.1. The Morgan fingerprint density at radius 3 is 1.30 bits per heavy atom. The molecule has 6 aromatic carbocycles. The molecule has 0 saturated heterocycles. The first kappa shape index (κ1) is 69.6. The maximum atomic E-state index is 13.9. The number of carboxylic acids is 3. The molecule has 104 heavy (non-hydrogen) atoms. The number of fused-ring (bicyclic) bond motifs is 6. The number of aromatic nitrogens is 13. The maximum Gasteiger partial charge on any atom is 0.345 e. The molecule has 0 radical (unpaired) electrons. The Morgan fingerprint density at radius 2 is 0.913 bits per heavy atom. The van der Waals surface area contributed by atoms with Crippen LogP contribution in [0.3, 0.4) is 0 Å². The van der Waals surface area contributed by atoms with E-state index in [-0.39, 0.29) is 48.1 Å². The van der Waals surface area contributed by atoms with Crippen LogP contribution in [0.4, 0.5) is 13.2 Å². The van der Waals surface area contributed by atoms with E-state index in [0.29, 0.717) is 5.69 Å². The van der Waals surface area contributed by atoms with Gasteiger partial charge >= 0.3 is 17.9 Å². The number of rotatable bonds is 17. The third kappa shape index (κ3) is 12.5. The van der Waals surface area contributed by atoms with Gasteiger partial charge < -0.3 is 29.0 Å². The molecule has 0 fully saturated rings. The first-order valence-corrected chi connectivity index (χ1v) is 33.7. The van der Waals surface area contributed by atoms with Crippen molar-refractivity contribution in [2.75, 3.05) is 0 Å². The van der Waals surface area contributed by atoms with Crippen LogP contribution in [0.5, 0.6) is 0 Å². The van der Waals surface area contributed by atoms with Gasteiger partial charge in [0.05, 0.1) is 81.8 Å². The zero-order valence-corrected chi connectivity index (χ0v) is 58.6. The highest BCUT2D eigenvalue weighted by Crippen LogP contribution is 2.50. The molecule has 0 aliphatic rings. The lowest BCUT2D eigenvalue weighted by Gasteiger charge is -2.26. The van der Waals surface area contributed by atoms with Crippen LogP contribution < -0.4 is 0 Å². The molecular weight excluding hydrogens is 1350 g/mol. The van der Waals surface area contributed by atoms with Gasteiger partial charge in [0.1, 0.15) is 28.9 Å². The topological polar surface area (TPSA) is 320 Å². The van der Waals surface area contributed by atoms with Gasteiger partial charge in [-0.2, -0.15) is 41.3 Å². The van der Waals surface area contributed by atoms with Crippen molar-refractivity contribution >= 4 is 94.7 Å². The van der Waals surface area contributed by atoms with Crippen molar-refractivity contribution in [3.63, 3.8) is 0 Å². The summed E-state index contributed by atoms with van der Waals surface area (Å²) in [5.41, 5.74) is 11.6. The quantitative estimate of drug-likeness (QED) is 0.0494. The smallest absolute Gasteiger partial charge is 0.345 e. The molecule has 522 valence electrons. The predicted octanol–water partition coefficient (Wildman–Crippen LogP) is 16.9. The summed E-state index contributed by atoms with van der Waals surface area (Å²) < 4.78 is 50.5. The lowest BCUT2D eigenvalue weighted by atomic mass is 9.82. The largest absolute Gasteiger partial charge is 0.480 e. The summed E-state index contributed by atoms with van der Waals surface area (Å²) in [6.45, 7) is 16.7. The van der Waals surface area contributed by atoms with E-state index < -0.39 is 39.7 Å². The van der Waals surface area contributed by atoms with Gasteiger partial charge in [0.25, 0.3) is 0 Å². The molecule has 9 heterocycles. The minimum Gasteiger partial charge on any atom is -0.480 e. The first-order chi connectivity index (χ1) is 49.5. The molecule has 22 nitrogen and oxygen atoms in total. The number of nitrogens with one attached hydrogen (secondary N) is 3. The van der Waals surface area contributed by atoms with Crippen molar-refractivity contribution in [2.24, 2.45) is 0 Å².